The monoisotopic (exact) mass is 206 g/mol. The van der Waals surface area contributed by atoms with Gasteiger partial charge < -0.3 is 5.11 Å². The van der Waals surface area contributed by atoms with Crippen LogP contribution in [-0.4, -0.2) is 11.1 Å². The number of alkyl halides is 1. The first-order valence-corrected chi connectivity index (χ1v) is 3.87. The van der Waals surface area contributed by atoms with Crippen molar-refractivity contribution in [3.8, 4) is 0 Å². The molecule has 1 rings (SSSR count). The van der Waals surface area contributed by atoms with Crippen LogP contribution in [0.4, 0.5) is 8.78 Å². The van der Waals surface area contributed by atoms with Crippen molar-refractivity contribution >= 4 is 17.6 Å². The number of aromatic carboxylic acids is 1. The molecule has 0 spiro atoms. The van der Waals surface area contributed by atoms with E-state index < -0.39 is 23.2 Å². The molecule has 0 aliphatic heterocycles. The third-order valence-corrected chi connectivity index (χ3v) is 1.78. The molecule has 0 fully saturated rings. The van der Waals surface area contributed by atoms with Gasteiger partial charge >= 0.3 is 5.97 Å². The lowest BCUT2D eigenvalue weighted by Crippen LogP contribution is -2.05. The zero-order chi connectivity index (χ0) is 10.0. The number of carboxylic acids is 1. The van der Waals surface area contributed by atoms with Crippen LogP contribution >= 0.6 is 11.6 Å². The van der Waals surface area contributed by atoms with Gasteiger partial charge in [-0.05, 0) is 11.6 Å². The molecule has 0 bridgehead atoms. The molecule has 0 saturated carbocycles. The van der Waals surface area contributed by atoms with Crippen molar-refractivity contribution in [2.75, 3.05) is 0 Å². The summed E-state index contributed by atoms with van der Waals surface area (Å²) in [6.07, 6.45) is 0. The largest absolute Gasteiger partial charge is 0.478 e. The molecule has 1 N–H and O–H groups in total. The van der Waals surface area contributed by atoms with E-state index in [0.29, 0.717) is 6.07 Å². The van der Waals surface area contributed by atoms with Crippen LogP contribution in [-0.2, 0) is 5.88 Å². The van der Waals surface area contributed by atoms with E-state index in [4.69, 9.17) is 16.7 Å². The Morgan fingerprint density at radius 2 is 2.08 bits per heavy atom. The number of halogens is 3. The van der Waals surface area contributed by atoms with E-state index >= 15 is 0 Å². The Morgan fingerprint density at radius 1 is 1.46 bits per heavy atom. The van der Waals surface area contributed by atoms with Crippen molar-refractivity contribution < 1.29 is 18.7 Å². The smallest absolute Gasteiger partial charge is 0.339 e. The highest BCUT2D eigenvalue weighted by Crippen LogP contribution is 2.17. The summed E-state index contributed by atoms with van der Waals surface area (Å²) in [6.45, 7) is 0. The van der Waals surface area contributed by atoms with E-state index in [1.807, 2.05) is 0 Å². The summed E-state index contributed by atoms with van der Waals surface area (Å²) < 4.78 is 25.4. The van der Waals surface area contributed by atoms with Crippen LogP contribution in [0.2, 0.25) is 0 Å². The third-order valence-electron chi connectivity index (χ3n) is 1.49. The fourth-order valence-electron chi connectivity index (χ4n) is 0.972. The van der Waals surface area contributed by atoms with Gasteiger partial charge in [0.15, 0.2) is 0 Å². The molecule has 0 aliphatic carbocycles. The van der Waals surface area contributed by atoms with Gasteiger partial charge in [-0.25, -0.2) is 13.6 Å². The molecule has 2 nitrogen and oxygen atoms in total. The fourth-order valence-corrected chi connectivity index (χ4v) is 1.18. The van der Waals surface area contributed by atoms with E-state index in [-0.39, 0.29) is 11.4 Å². The highest BCUT2D eigenvalue weighted by atomic mass is 35.5. The maximum Gasteiger partial charge on any atom is 0.339 e. The minimum absolute atomic E-state index is 0.0633. The molecule has 1 aromatic rings. The predicted molar refractivity (Wildman–Crippen MR) is 42.9 cm³/mol. The molecule has 0 radical (unpaired) electrons. The average Bonchev–Trinajstić information content (AvgIpc) is 2.01. The SMILES string of the molecule is O=C(O)c1c(F)cc(F)cc1CCl. The molecule has 0 amide bonds. The maximum absolute atomic E-state index is 12.9. The number of carboxylic acid groups (broad SMARTS) is 1. The minimum Gasteiger partial charge on any atom is -0.478 e. The number of carbonyl (C=O) groups is 1. The minimum atomic E-state index is -1.45. The van der Waals surface area contributed by atoms with E-state index in [1.165, 1.54) is 0 Å². The third kappa shape index (κ3) is 1.95. The van der Waals surface area contributed by atoms with Crippen molar-refractivity contribution in [3.63, 3.8) is 0 Å². The van der Waals surface area contributed by atoms with Gasteiger partial charge in [0.2, 0.25) is 0 Å². The molecular weight excluding hydrogens is 202 g/mol. The first-order chi connectivity index (χ1) is 6.06. The second kappa shape index (κ2) is 3.70. The lowest BCUT2D eigenvalue weighted by atomic mass is 10.1. The van der Waals surface area contributed by atoms with Crippen molar-refractivity contribution in [1.82, 2.24) is 0 Å². The van der Waals surface area contributed by atoms with Gasteiger partial charge in [0, 0.05) is 11.9 Å². The van der Waals surface area contributed by atoms with Gasteiger partial charge in [-0.1, -0.05) is 0 Å². The molecule has 0 atom stereocenters. The van der Waals surface area contributed by atoms with Crippen LogP contribution in [0.5, 0.6) is 0 Å². The van der Waals surface area contributed by atoms with Crippen LogP contribution in [0.3, 0.4) is 0 Å². The van der Waals surface area contributed by atoms with Gasteiger partial charge in [0.25, 0.3) is 0 Å². The second-order valence-electron chi connectivity index (χ2n) is 2.36. The zero-order valence-electron chi connectivity index (χ0n) is 6.35. The second-order valence-corrected chi connectivity index (χ2v) is 2.63. The molecule has 0 aliphatic rings. The average molecular weight is 207 g/mol. The van der Waals surface area contributed by atoms with Gasteiger partial charge in [0.1, 0.15) is 11.6 Å². The summed E-state index contributed by atoms with van der Waals surface area (Å²) in [4.78, 5) is 10.5. The Bertz CT molecular complexity index is 352. The zero-order valence-corrected chi connectivity index (χ0v) is 7.11. The Morgan fingerprint density at radius 3 is 2.54 bits per heavy atom. The molecule has 1 aromatic carbocycles. The summed E-state index contributed by atoms with van der Waals surface area (Å²) in [5, 5.41) is 8.55. The fraction of sp³-hybridized carbons (Fsp3) is 0.125. The van der Waals surface area contributed by atoms with Crippen LogP contribution < -0.4 is 0 Å². The highest BCUT2D eigenvalue weighted by Gasteiger charge is 2.16. The maximum atomic E-state index is 12.9. The quantitative estimate of drug-likeness (QED) is 0.755. The Hall–Kier alpha value is -1.16. The van der Waals surface area contributed by atoms with Crippen molar-refractivity contribution in [2.45, 2.75) is 5.88 Å². The van der Waals surface area contributed by atoms with E-state index in [9.17, 15) is 13.6 Å². The number of benzene rings is 1. The molecular formula is C8H5ClF2O2. The Labute approximate surface area is 77.8 Å². The summed E-state index contributed by atoms with van der Waals surface area (Å²) in [6, 6.07) is 1.42. The Balaban J connectivity index is 3.38. The molecule has 0 unspecified atom stereocenters. The first-order valence-electron chi connectivity index (χ1n) is 3.33. The lowest BCUT2D eigenvalue weighted by molar-refractivity contribution is 0.0691. The molecule has 0 heterocycles. The van der Waals surface area contributed by atoms with Crippen molar-refractivity contribution in [1.29, 1.82) is 0 Å². The first kappa shape index (κ1) is 9.92. The van der Waals surface area contributed by atoms with Crippen molar-refractivity contribution in [2.24, 2.45) is 0 Å². The topological polar surface area (TPSA) is 37.3 Å². The highest BCUT2D eigenvalue weighted by molar-refractivity contribution is 6.17. The molecule has 70 valence electrons. The normalized spacial score (nSPS) is 10.1. The number of hydrogen-bond donors (Lipinski definition) is 1. The molecule has 0 saturated heterocycles. The van der Waals surface area contributed by atoms with Gasteiger partial charge in [0.05, 0.1) is 5.56 Å². The van der Waals surface area contributed by atoms with E-state index in [0.717, 1.165) is 6.07 Å². The molecule has 5 heteroatoms. The standard InChI is InChI=1S/C8H5ClF2O2/c9-3-4-1-5(10)2-6(11)7(4)8(12)13/h1-2H,3H2,(H,12,13). The van der Waals surface area contributed by atoms with Crippen LogP contribution in [0, 0.1) is 11.6 Å². The Kier molecular flexibility index (Phi) is 2.83. The molecule has 13 heavy (non-hydrogen) atoms. The van der Waals surface area contributed by atoms with Crippen LogP contribution in [0.25, 0.3) is 0 Å². The summed E-state index contributed by atoms with van der Waals surface area (Å²) in [5.74, 6) is -3.63. The summed E-state index contributed by atoms with van der Waals surface area (Å²) in [5.41, 5.74) is -0.636. The van der Waals surface area contributed by atoms with Crippen LogP contribution in [0.1, 0.15) is 15.9 Å². The summed E-state index contributed by atoms with van der Waals surface area (Å²) in [7, 11) is 0. The van der Waals surface area contributed by atoms with E-state index in [1.54, 1.807) is 0 Å². The van der Waals surface area contributed by atoms with Gasteiger partial charge in [-0.15, -0.1) is 11.6 Å². The van der Waals surface area contributed by atoms with Gasteiger partial charge in [-0.3, -0.25) is 0 Å². The van der Waals surface area contributed by atoms with Gasteiger partial charge in [-0.2, -0.15) is 0 Å². The molecule has 0 aromatic heterocycles. The lowest BCUT2D eigenvalue weighted by Gasteiger charge is -2.03. The van der Waals surface area contributed by atoms with Crippen LogP contribution in [0.15, 0.2) is 12.1 Å². The van der Waals surface area contributed by atoms with Crippen molar-refractivity contribution in [3.05, 3.63) is 34.9 Å². The summed E-state index contributed by atoms with van der Waals surface area (Å²) >= 11 is 5.32. The number of hydrogen-bond acceptors (Lipinski definition) is 1. The number of rotatable bonds is 2. The van der Waals surface area contributed by atoms with E-state index in [2.05, 4.69) is 0 Å². The predicted octanol–water partition coefficient (Wildman–Crippen LogP) is 2.40.